The first kappa shape index (κ1) is 10.8. The van der Waals surface area contributed by atoms with Crippen LogP contribution in [0.25, 0.3) is 0 Å². The fourth-order valence-electron chi connectivity index (χ4n) is 1.81. The van der Waals surface area contributed by atoms with E-state index in [0.29, 0.717) is 0 Å². The van der Waals surface area contributed by atoms with Crippen molar-refractivity contribution < 1.29 is 5.11 Å². The lowest BCUT2D eigenvalue weighted by atomic mass is 10.0. The Kier molecular flexibility index (Phi) is 3.32. The van der Waals surface area contributed by atoms with Gasteiger partial charge in [0.2, 0.25) is 0 Å². The second-order valence-corrected chi connectivity index (χ2v) is 3.97. The predicted octanol–water partition coefficient (Wildman–Crippen LogP) is 2.47. The summed E-state index contributed by atoms with van der Waals surface area (Å²) in [6.07, 6.45) is 4.34. The molecule has 0 radical (unpaired) electrons. The number of aliphatic hydroxyl groups excluding tert-OH is 1. The lowest BCUT2D eigenvalue weighted by Gasteiger charge is -2.07. The number of aromatic nitrogens is 1. The summed E-state index contributed by atoms with van der Waals surface area (Å²) < 4.78 is 0. The summed E-state index contributed by atoms with van der Waals surface area (Å²) in [5.41, 5.74) is 4.57. The molecule has 0 aliphatic rings. The average Bonchev–Trinajstić information content (AvgIpc) is 2.30. The van der Waals surface area contributed by atoms with Gasteiger partial charge in [-0.15, -0.1) is 0 Å². The highest BCUT2D eigenvalue weighted by Crippen LogP contribution is 2.14. The highest BCUT2D eigenvalue weighted by atomic mass is 16.3. The first-order valence-corrected chi connectivity index (χ1v) is 5.38. The third-order valence-electron chi connectivity index (χ3n) is 2.65. The van der Waals surface area contributed by atoms with Crippen LogP contribution >= 0.6 is 0 Å². The third-order valence-corrected chi connectivity index (χ3v) is 2.65. The molecule has 2 heteroatoms. The number of pyridine rings is 1. The molecule has 16 heavy (non-hydrogen) atoms. The summed E-state index contributed by atoms with van der Waals surface area (Å²) in [5, 5.41) is 9.21. The van der Waals surface area contributed by atoms with Gasteiger partial charge >= 0.3 is 0 Å². The quantitative estimate of drug-likeness (QED) is 0.849. The highest BCUT2D eigenvalue weighted by molar-refractivity contribution is 5.32. The summed E-state index contributed by atoms with van der Waals surface area (Å²) in [6, 6.07) is 10.4. The Bertz CT molecular complexity index is 480. The van der Waals surface area contributed by atoms with Gasteiger partial charge in [0.25, 0.3) is 0 Å². The average molecular weight is 213 g/mol. The zero-order valence-electron chi connectivity index (χ0n) is 9.35. The van der Waals surface area contributed by atoms with E-state index in [0.717, 1.165) is 17.5 Å². The Balaban J connectivity index is 2.26. The first-order chi connectivity index (χ1) is 7.79. The van der Waals surface area contributed by atoms with E-state index in [1.165, 1.54) is 11.1 Å². The van der Waals surface area contributed by atoms with Crippen molar-refractivity contribution in [2.24, 2.45) is 0 Å². The SMILES string of the molecule is Cc1cccc(Cc2ccncc2CO)c1. The zero-order valence-corrected chi connectivity index (χ0v) is 9.35. The molecule has 0 aliphatic carbocycles. The smallest absolute Gasteiger partial charge is 0.0699 e. The van der Waals surface area contributed by atoms with Crippen molar-refractivity contribution in [3.05, 3.63) is 65.0 Å². The van der Waals surface area contributed by atoms with Crippen LogP contribution in [0.1, 0.15) is 22.3 Å². The van der Waals surface area contributed by atoms with Gasteiger partial charge in [-0.25, -0.2) is 0 Å². The normalized spacial score (nSPS) is 10.4. The van der Waals surface area contributed by atoms with Gasteiger partial charge in [-0.3, -0.25) is 4.98 Å². The molecule has 0 saturated heterocycles. The molecule has 0 saturated carbocycles. The van der Waals surface area contributed by atoms with E-state index in [9.17, 15) is 5.11 Å². The maximum absolute atomic E-state index is 9.21. The van der Waals surface area contributed by atoms with Gasteiger partial charge in [0.15, 0.2) is 0 Å². The molecule has 1 heterocycles. The maximum atomic E-state index is 9.21. The third kappa shape index (κ3) is 2.47. The van der Waals surface area contributed by atoms with Crippen molar-refractivity contribution in [2.45, 2.75) is 20.0 Å². The number of aliphatic hydroxyl groups is 1. The summed E-state index contributed by atoms with van der Waals surface area (Å²) in [4.78, 5) is 4.02. The second kappa shape index (κ2) is 4.90. The van der Waals surface area contributed by atoms with E-state index < -0.39 is 0 Å². The van der Waals surface area contributed by atoms with Crippen LogP contribution in [-0.2, 0) is 13.0 Å². The fourth-order valence-corrected chi connectivity index (χ4v) is 1.81. The number of rotatable bonds is 3. The van der Waals surface area contributed by atoms with E-state index in [4.69, 9.17) is 0 Å². The Morgan fingerprint density at radius 1 is 1.19 bits per heavy atom. The summed E-state index contributed by atoms with van der Waals surface area (Å²) >= 11 is 0. The van der Waals surface area contributed by atoms with E-state index >= 15 is 0 Å². The first-order valence-electron chi connectivity index (χ1n) is 5.38. The highest BCUT2D eigenvalue weighted by Gasteiger charge is 2.02. The van der Waals surface area contributed by atoms with Crippen molar-refractivity contribution in [3.63, 3.8) is 0 Å². The van der Waals surface area contributed by atoms with Crippen LogP contribution in [0.4, 0.5) is 0 Å². The predicted molar refractivity (Wildman–Crippen MR) is 64.1 cm³/mol. The van der Waals surface area contributed by atoms with Crippen LogP contribution in [0.2, 0.25) is 0 Å². The lowest BCUT2D eigenvalue weighted by Crippen LogP contribution is -1.96. The molecule has 0 fully saturated rings. The molecular weight excluding hydrogens is 198 g/mol. The van der Waals surface area contributed by atoms with Crippen LogP contribution in [0.15, 0.2) is 42.7 Å². The minimum absolute atomic E-state index is 0.0506. The lowest BCUT2D eigenvalue weighted by molar-refractivity contribution is 0.280. The minimum Gasteiger partial charge on any atom is -0.392 e. The number of aryl methyl sites for hydroxylation is 1. The van der Waals surface area contributed by atoms with Crippen LogP contribution in [0.5, 0.6) is 0 Å². The monoisotopic (exact) mass is 213 g/mol. The molecule has 0 atom stereocenters. The number of hydrogen-bond donors (Lipinski definition) is 1. The van der Waals surface area contributed by atoms with Crippen LogP contribution in [0, 0.1) is 6.92 Å². The number of hydrogen-bond acceptors (Lipinski definition) is 2. The van der Waals surface area contributed by atoms with E-state index in [1.807, 2.05) is 6.07 Å². The molecule has 0 amide bonds. The standard InChI is InChI=1S/C14H15NO/c1-11-3-2-4-12(7-11)8-13-5-6-15-9-14(13)10-16/h2-7,9,16H,8,10H2,1H3. The molecule has 0 spiro atoms. The Morgan fingerprint density at radius 3 is 2.81 bits per heavy atom. The van der Waals surface area contributed by atoms with Crippen molar-refractivity contribution in [1.29, 1.82) is 0 Å². The van der Waals surface area contributed by atoms with Crippen molar-refractivity contribution in [1.82, 2.24) is 4.98 Å². The number of nitrogens with zero attached hydrogens (tertiary/aromatic N) is 1. The van der Waals surface area contributed by atoms with Gasteiger partial charge in [-0.1, -0.05) is 29.8 Å². The molecule has 1 aromatic heterocycles. The van der Waals surface area contributed by atoms with Crippen LogP contribution in [-0.4, -0.2) is 10.1 Å². The molecule has 1 aromatic carbocycles. The minimum atomic E-state index is 0.0506. The van der Waals surface area contributed by atoms with E-state index in [1.54, 1.807) is 12.4 Å². The Hall–Kier alpha value is -1.67. The van der Waals surface area contributed by atoms with E-state index in [-0.39, 0.29) is 6.61 Å². The van der Waals surface area contributed by atoms with Gasteiger partial charge in [-0.05, 0) is 36.1 Å². The molecular formula is C14H15NO. The molecule has 2 nitrogen and oxygen atoms in total. The summed E-state index contributed by atoms with van der Waals surface area (Å²) in [5.74, 6) is 0. The molecule has 2 aromatic rings. The Labute approximate surface area is 95.6 Å². The fraction of sp³-hybridized carbons (Fsp3) is 0.214. The second-order valence-electron chi connectivity index (χ2n) is 3.97. The molecule has 0 bridgehead atoms. The topological polar surface area (TPSA) is 33.1 Å². The van der Waals surface area contributed by atoms with Crippen LogP contribution < -0.4 is 0 Å². The number of benzene rings is 1. The molecule has 82 valence electrons. The summed E-state index contributed by atoms with van der Waals surface area (Å²) in [6.45, 7) is 2.14. The summed E-state index contributed by atoms with van der Waals surface area (Å²) in [7, 11) is 0. The Morgan fingerprint density at radius 2 is 2.06 bits per heavy atom. The van der Waals surface area contributed by atoms with Gasteiger partial charge < -0.3 is 5.11 Å². The molecule has 1 N–H and O–H groups in total. The zero-order chi connectivity index (χ0) is 11.4. The van der Waals surface area contributed by atoms with Crippen molar-refractivity contribution >= 4 is 0 Å². The van der Waals surface area contributed by atoms with Crippen molar-refractivity contribution in [2.75, 3.05) is 0 Å². The van der Waals surface area contributed by atoms with E-state index in [2.05, 4.69) is 36.2 Å². The molecule has 0 aliphatic heterocycles. The van der Waals surface area contributed by atoms with Crippen LogP contribution in [0.3, 0.4) is 0 Å². The van der Waals surface area contributed by atoms with Gasteiger partial charge in [0.1, 0.15) is 0 Å². The maximum Gasteiger partial charge on any atom is 0.0699 e. The largest absolute Gasteiger partial charge is 0.392 e. The molecule has 0 unspecified atom stereocenters. The molecule has 2 rings (SSSR count). The van der Waals surface area contributed by atoms with Crippen molar-refractivity contribution in [3.8, 4) is 0 Å². The van der Waals surface area contributed by atoms with Gasteiger partial charge in [0.05, 0.1) is 6.61 Å². The van der Waals surface area contributed by atoms with Gasteiger partial charge in [0, 0.05) is 12.4 Å². The van der Waals surface area contributed by atoms with Gasteiger partial charge in [-0.2, -0.15) is 0 Å².